The largest absolute Gasteiger partial charge is 0.479 e. The van der Waals surface area contributed by atoms with Crippen LogP contribution in [0.15, 0.2) is 24.3 Å². The molecule has 5 heteroatoms. The van der Waals surface area contributed by atoms with Crippen LogP contribution in [0.5, 0.6) is 5.75 Å². The van der Waals surface area contributed by atoms with Crippen LogP contribution in [0.3, 0.4) is 0 Å². The van der Waals surface area contributed by atoms with E-state index in [2.05, 4.69) is 0 Å². The molecule has 1 aromatic carbocycles. The van der Waals surface area contributed by atoms with Gasteiger partial charge in [0.1, 0.15) is 11.6 Å². The third kappa shape index (κ3) is 4.16. The summed E-state index contributed by atoms with van der Waals surface area (Å²) in [4.78, 5) is 10.6. The highest BCUT2D eigenvalue weighted by molar-refractivity contribution is 5.85. The van der Waals surface area contributed by atoms with Gasteiger partial charge in [0, 0.05) is 6.07 Å². The summed E-state index contributed by atoms with van der Waals surface area (Å²) in [5, 5.41) is 8.69. The highest BCUT2D eigenvalue weighted by Crippen LogP contribution is 2.14. The molecular weight excluding hydrogens is 223 g/mol. The Labute approximate surface area is 93.3 Å². The Hall–Kier alpha value is -1.29. The molecule has 0 spiro atoms. The number of aliphatic carboxylic acids is 1. The standard InChI is InChI=1S/C10H11FO3.ClH/c1-2-9(10(12)13)14-8-5-3-4-7(11)6-8;/h3-6,9H,2H2,1H3,(H,12,13);1H. The molecule has 84 valence electrons. The fraction of sp³-hybridized carbons (Fsp3) is 0.300. The Bertz CT molecular complexity index is 330. The normalized spacial score (nSPS) is 11.3. The van der Waals surface area contributed by atoms with Crippen LogP contribution < -0.4 is 4.74 Å². The minimum Gasteiger partial charge on any atom is -0.479 e. The molecule has 0 amide bonds. The predicted molar refractivity (Wildman–Crippen MR) is 56.0 cm³/mol. The van der Waals surface area contributed by atoms with Crippen LogP contribution in [0.4, 0.5) is 4.39 Å². The third-order valence-electron chi connectivity index (χ3n) is 1.72. The topological polar surface area (TPSA) is 46.5 Å². The summed E-state index contributed by atoms with van der Waals surface area (Å²) < 4.78 is 17.8. The molecule has 1 atom stereocenters. The molecule has 0 heterocycles. The quantitative estimate of drug-likeness (QED) is 0.871. The predicted octanol–water partition coefficient (Wildman–Crippen LogP) is 2.49. The lowest BCUT2D eigenvalue weighted by atomic mass is 10.2. The van der Waals surface area contributed by atoms with Gasteiger partial charge in [0.05, 0.1) is 0 Å². The maximum Gasteiger partial charge on any atom is 0.344 e. The first kappa shape index (κ1) is 13.7. The second kappa shape index (κ2) is 6.24. The molecule has 3 nitrogen and oxygen atoms in total. The molecule has 0 radical (unpaired) electrons. The zero-order valence-corrected chi connectivity index (χ0v) is 8.96. The number of ether oxygens (including phenoxy) is 1. The van der Waals surface area contributed by atoms with Gasteiger partial charge in [-0.15, -0.1) is 12.4 Å². The van der Waals surface area contributed by atoms with E-state index in [1.54, 1.807) is 6.92 Å². The van der Waals surface area contributed by atoms with Crippen molar-refractivity contribution in [1.29, 1.82) is 0 Å². The second-order valence-corrected chi connectivity index (χ2v) is 2.81. The molecule has 0 saturated carbocycles. The summed E-state index contributed by atoms with van der Waals surface area (Å²) in [6.45, 7) is 1.69. The smallest absolute Gasteiger partial charge is 0.344 e. The number of halogens is 2. The summed E-state index contributed by atoms with van der Waals surface area (Å²) in [7, 11) is 0. The van der Waals surface area contributed by atoms with E-state index in [1.807, 2.05) is 0 Å². The van der Waals surface area contributed by atoms with Crippen molar-refractivity contribution in [2.45, 2.75) is 19.4 Å². The number of hydrogen-bond donors (Lipinski definition) is 1. The molecule has 1 unspecified atom stereocenters. The second-order valence-electron chi connectivity index (χ2n) is 2.81. The average Bonchev–Trinajstić information content (AvgIpc) is 2.14. The molecule has 0 aliphatic carbocycles. The number of carboxylic acids is 1. The van der Waals surface area contributed by atoms with Crippen LogP contribution in [0.25, 0.3) is 0 Å². The van der Waals surface area contributed by atoms with Crippen molar-refractivity contribution in [3.8, 4) is 5.75 Å². The number of rotatable bonds is 4. The zero-order chi connectivity index (χ0) is 10.6. The van der Waals surface area contributed by atoms with Crippen LogP contribution in [0, 0.1) is 5.82 Å². The van der Waals surface area contributed by atoms with Gasteiger partial charge < -0.3 is 9.84 Å². The molecule has 0 aromatic heterocycles. The van der Waals surface area contributed by atoms with Crippen LogP contribution in [-0.4, -0.2) is 17.2 Å². The molecule has 0 saturated heterocycles. The minimum atomic E-state index is -1.04. The first-order valence-corrected chi connectivity index (χ1v) is 4.28. The highest BCUT2D eigenvalue weighted by atomic mass is 35.5. The summed E-state index contributed by atoms with van der Waals surface area (Å²) in [6, 6.07) is 5.42. The van der Waals surface area contributed by atoms with Crippen molar-refractivity contribution in [3.05, 3.63) is 30.1 Å². The minimum absolute atomic E-state index is 0. The summed E-state index contributed by atoms with van der Waals surface area (Å²) >= 11 is 0. The first-order chi connectivity index (χ1) is 6.63. The number of carbonyl (C=O) groups is 1. The van der Waals surface area contributed by atoms with Gasteiger partial charge in [-0.05, 0) is 18.6 Å². The fourth-order valence-corrected chi connectivity index (χ4v) is 1.01. The van der Waals surface area contributed by atoms with Crippen LogP contribution in [-0.2, 0) is 4.79 Å². The monoisotopic (exact) mass is 234 g/mol. The fourth-order valence-electron chi connectivity index (χ4n) is 1.01. The van der Waals surface area contributed by atoms with Crippen LogP contribution in [0.1, 0.15) is 13.3 Å². The van der Waals surface area contributed by atoms with E-state index in [9.17, 15) is 9.18 Å². The van der Waals surface area contributed by atoms with Crippen molar-refractivity contribution in [2.75, 3.05) is 0 Å². The Morgan fingerprint density at radius 1 is 1.60 bits per heavy atom. The van der Waals surface area contributed by atoms with Gasteiger partial charge in [-0.1, -0.05) is 13.0 Å². The number of carboxylic acid groups (broad SMARTS) is 1. The van der Waals surface area contributed by atoms with E-state index < -0.39 is 17.9 Å². The summed E-state index contributed by atoms with van der Waals surface area (Å²) in [5.41, 5.74) is 0. The summed E-state index contributed by atoms with van der Waals surface area (Å²) in [5.74, 6) is -1.25. The third-order valence-corrected chi connectivity index (χ3v) is 1.72. The Kier molecular flexibility index (Phi) is 5.70. The Morgan fingerprint density at radius 3 is 2.73 bits per heavy atom. The first-order valence-electron chi connectivity index (χ1n) is 4.28. The Morgan fingerprint density at radius 2 is 2.27 bits per heavy atom. The van der Waals surface area contributed by atoms with Crippen LogP contribution in [0.2, 0.25) is 0 Å². The van der Waals surface area contributed by atoms with Crippen molar-refractivity contribution in [3.63, 3.8) is 0 Å². The molecule has 1 aromatic rings. The van der Waals surface area contributed by atoms with Gasteiger partial charge in [0.15, 0.2) is 6.10 Å². The maximum absolute atomic E-state index is 12.7. The van der Waals surface area contributed by atoms with Gasteiger partial charge in [-0.3, -0.25) is 0 Å². The SMILES string of the molecule is CCC(Oc1cccc(F)c1)C(=O)O.Cl. The maximum atomic E-state index is 12.7. The van der Waals surface area contributed by atoms with Crippen molar-refractivity contribution in [2.24, 2.45) is 0 Å². The molecule has 0 bridgehead atoms. The molecule has 1 N–H and O–H groups in total. The number of benzene rings is 1. The van der Waals surface area contributed by atoms with Gasteiger partial charge in [0.25, 0.3) is 0 Å². The molecule has 0 aliphatic heterocycles. The van der Waals surface area contributed by atoms with Gasteiger partial charge >= 0.3 is 5.97 Å². The zero-order valence-electron chi connectivity index (χ0n) is 8.14. The molecule has 0 aliphatic rings. The molecule has 15 heavy (non-hydrogen) atoms. The number of hydrogen-bond acceptors (Lipinski definition) is 2. The van der Waals surface area contributed by atoms with Gasteiger partial charge in [-0.2, -0.15) is 0 Å². The van der Waals surface area contributed by atoms with E-state index in [-0.39, 0.29) is 18.2 Å². The van der Waals surface area contributed by atoms with Crippen molar-refractivity contribution in [1.82, 2.24) is 0 Å². The van der Waals surface area contributed by atoms with E-state index in [0.717, 1.165) is 6.07 Å². The average molecular weight is 235 g/mol. The molecule has 1 rings (SSSR count). The summed E-state index contributed by atoms with van der Waals surface area (Å²) in [6.07, 6.45) is -0.580. The van der Waals surface area contributed by atoms with Crippen LogP contribution >= 0.6 is 12.4 Å². The van der Waals surface area contributed by atoms with E-state index in [0.29, 0.717) is 6.42 Å². The highest BCUT2D eigenvalue weighted by Gasteiger charge is 2.16. The lowest BCUT2D eigenvalue weighted by Gasteiger charge is -2.12. The Balaban J connectivity index is 0.00000196. The van der Waals surface area contributed by atoms with Crippen molar-refractivity contribution < 1.29 is 19.0 Å². The van der Waals surface area contributed by atoms with Gasteiger partial charge in [0.2, 0.25) is 0 Å². The molecular formula is C10H12ClFO3. The lowest BCUT2D eigenvalue weighted by Crippen LogP contribution is -2.25. The lowest BCUT2D eigenvalue weighted by molar-refractivity contribution is -0.145. The van der Waals surface area contributed by atoms with E-state index >= 15 is 0 Å². The van der Waals surface area contributed by atoms with Crippen molar-refractivity contribution >= 4 is 18.4 Å². The van der Waals surface area contributed by atoms with E-state index in [4.69, 9.17) is 9.84 Å². The van der Waals surface area contributed by atoms with Gasteiger partial charge in [-0.25, -0.2) is 9.18 Å². The molecule has 0 fully saturated rings. The van der Waals surface area contributed by atoms with E-state index in [1.165, 1.54) is 18.2 Å².